The van der Waals surface area contributed by atoms with Crippen molar-refractivity contribution >= 4 is 17.4 Å². The summed E-state index contributed by atoms with van der Waals surface area (Å²) >= 11 is 0.534. The molecule has 0 unspecified atom stereocenters. The van der Waals surface area contributed by atoms with Crippen LogP contribution in [0.1, 0.15) is 12.7 Å². The fourth-order valence-corrected chi connectivity index (χ4v) is 2.29. The molecule has 7 heteroatoms. The molecule has 1 aromatic heterocycles. The fourth-order valence-electron chi connectivity index (χ4n) is 1.67. The lowest BCUT2D eigenvalue weighted by Crippen LogP contribution is -2.09. The standard InChI is InChI=1S/C12H14F2N4S/c1-2-18-11(16-8-17-18)7-15-9-5-3-4-6-10(9)19-12(13)14/h3-6,8,12,15H,2,7H2,1H3. The Bertz CT molecular complexity index is 530. The molecule has 0 fully saturated rings. The van der Waals surface area contributed by atoms with Gasteiger partial charge in [-0.1, -0.05) is 23.9 Å². The third-order valence-corrected chi connectivity index (χ3v) is 3.32. The van der Waals surface area contributed by atoms with Gasteiger partial charge in [-0.15, -0.1) is 0 Å². The number of hydrogen-bond donors (Lipinski definition) is 1. The van der Waals surface area contributed by atoms with E-state index < -0.39 is 5.76 Å². The molecule has 0 radical (unpaired) electrons. The number of nitrogens with one attached hydrogen (secondary N) is 1. The minimum absolute atomic E-state index is 0.453. The van der Waals surface area contributed by atoms with E-state index in [1.807, 2.05) is 13.0 Å². The number of anilines is 1. The van der Waals surface area contributed by atoms with Gasteiger partial charge in [-0.25, -0.2) is 9.67 Å². The molecule has 0 aliphatic rings. The van der Waals surface area contributed by atoms with Crippen LogP contribution in [0.5, 0.6) is 0 Å². The van der Waals surface area contributed by atoms with E-state index in [0.29, 0.717) is 28.9 Å². The smallest absolute Gasteiger partial charge is 0.288 e. The summed E-state index contributed by atoms with van der Waals surface area (Å²) in [5, 5.41) is 7.18. The molecular formula is C12H14F2N4S. The number of aryl methyl sites for hydroxylation is 1. The Labute approximate surface area is 114 Å². The molecule has 0 aliphatic heterocycles. The second-order valence-corrected chi connectivity index (χ2v) is 4.75. The van der Waals surface area contributed by atoms with Crippen molar-refractivity contribution < 1.29 is 8.78 Å². The van der Waals surface area contributed by atoms with E-state index in [-0.39, 0.29) is 0 Å². The molecule has 2 rings (SSSR count). The summed E-state index contributed by atoms with van der Waals surface area (Å²) < 4.78 is 26.6. The lowest BCUT2D eigenvalue weighted by Gasteiger charge is -2.11. The van der Waals surface area contributed by atoms with Crippen LogP contribution in [0.2, 0.25) is 0 Å². The number of rotatable bonds is 6. The third-order valence-electron chi connectivity index (χ3n) is 2.54. The molecular weight excluding hydrogens is 270 g/mol. The van der Waals surface area contributed by atoms with Gasteiger partial charge in [-0.3, -0.25) is 0 Å². The number of nitrogens with zero attached hydrogens (tertiary/aromatic N) is 3. The molecule has 4 nitrogen and oxygen atoms in total. The highest BCUT2D eigenvalue weighted by Crippen LogP contribution is 2.31. The van der Waals surface area contributed by atoms with Crippen molar-refractivity contribution in [3.63, 3.8) is 0 Å². The quantitative estimate of drug-likeness (QED) is 0.827. The number of halogens is 2. The minimum atomic E-state index is -2.43. The van der Waals surface area contributed by atoms with E-state index >= 15 is 0 Å². The first-order valence-electron chi connectivity index (χ1n) is 5.85. The maximum absolute atomic E-state index is 12.4. The fraction of sp³-hybridized carbons (Fsp3) is 0.333. The van der Waals surface area contributed by atoms with Crippen LogP contribution in [0, 0.1) is 0 Å². The van der Waals surface area contributed by atoms with Crippen molar-refractivity contribution in [1.82, 2.24) is 14.8 Å². The number of benzene rings is 1. The highest BCUT2D eigenvalue weighted by molar-refractivity contribution is 7.99. The minimum Gasteiger partial charge on any atom is -0.377 e. The van der Waals surface area contributed by atoms with Gasteiger partial charge >= 0.3 is 0 Å². The Hall–Kier alpha value is -1.63. The molecule has 0 amide bonds. The average molecular weight is 284 g/mol. The van der Waals surface area contributed by atoms with Gasteiger partial charge in [0.2, 0.25) is 0 Å². The number of aromatic nitrogens is 3. The Morgan fingerprint density at radius 2 is 2.16 bits per heavy atom. The molecule has 0 saturated carbocycles. The van der Waals surface area contributed by atoms with E-state index in [2.05, 4.69) is 15.4 Å². The van der Waals surface area contributed by atoms with Gasteiger partial charge in [0.05, 0.1) is 6.54 Å². The number of para-hydroxylation sites is 1. The summed E-state index contributed by atoms with van der Waals surface area (Å²) in [6.07, 6.45) is 1.49. The third kappa shape index (κ3) is 3.66. The summed E-state index contributed by atoms with van der Waals surface area (Å²) in [6.45, 7) is 3.15. The van der Waals surface area contributed by atoms with Gasteiger partial charge in [0, 0.05) is 17.1 Å². The summed E-state index contributed by atoms with van der Waals surface area (Å²) in [5.74, 6) is -1.65. The molecule has 2 aromatic rings. The molecule has 1 N–H and O–H groups in total. The summed E-state index contributed by atoms with van der Waals surface area (Å²) in [7, 11) is 0. The van der Waals surface area contributed by atoms with Gasteiger partial charge in [0.15, 0.2) is 0 Å². The van der Waals surface area contributed by atoms with Crippen LogP contribution in [-0.2, 0) is 13.1 Å². The maximum atomic E-state index is 12.4. The topological polar surface area (TPSA) is 42.7 Å². The number of hydrogen-bond acceptors (Lipinski definition) is 4. The molecule has 19 heavy (non-hydrogen) atoms. The van der Waals surface area contributed by atoms with Crippen molar-refractivity contribution in [2.75, 3.05) is 5.32 Å². The van der Waals surface area contributed by atoms with Gasteiger partial charge in [0.1, 0.15) is 12.2 Å². The monoisotopic (exact) mass is 284 g/mol. The van der Waals surface area contributed by atoms with Crippen molar-refractivity contribution in [2.45, 2.75) is 30.7 Å². The van der Waals surface area contributed by atoms with Gasteiger partial charge < -0.3 is 5.32 Å². The van der Waals surface area contributed by atoms with Crippen LogP contribution in [-0.4, -0.2) is 20.5 Å². The van der Waals surface area contributed by atoms with Crippen LogP contribution < -0.4 is 5.32 Å². The number of alkyl halides is 2. The van der Waals surface area contributed by atoms with E-state index in [0.717, 1.165) is 12.4 Å². The Kier molecular flexibility index (Phi) is 4.73. The predicted octanol–water partition coefficient (Wildman–Crippen LogP) is 3.22. The molecule has 0 aliphatic carbocycles. The van der Waals surface area contributed by atoms with Crippen LogP contribution in [0.4, 0.5) is 14.5 Å². The highest BCUT2D eigenvalue weighted by atomic mass is 32.2. The zero-order valence-corrected chi connectivity index (χ0v) is 11.2. The van der Waals surface area contributed by atoms with E-state index in [1.165, 1.54) is 6.33 Å². The summed E-state index contributed by atoms with van der Waals surface area (Å²) in [5.41, 5.74) is 0.679. The van der Waals surface area contributed by atoms with Crippen molar-refractivity contribution in [1.29, 1.82) is 0 Å². The Morgan fingerprint density at radius 1 is 1.37 bits per heavy atom. The Balaban J connectivity index is 2.07. The van der Waals surface area contributed by atoms with Crippen LogP contribution in [0.3, 0.4) is 0 Å². The predicted molar refractivity (Wildman–Crippen MR) is 71.3 cm³/mol. The summed E-state index contributed by atoms with van der Waals surface area (Å²) in [4.78, 5) is 4.65. The molecule has 1 aromatic carbocycles. The SMILES string of the molecule is CCn1ncnc1CNc1ccccc1SC(F)F. The molecule has 102 valence electrons. The van der Waals surface area contributed by atoms with Crippen molar-refractivity contribution in [2.24, 2.45) is 0 Å². The normalized spacial score (nSPS) is 10.9. The average Bonchev–Trinajstić information content (AvgIpc) is 2.84. The number of thioether (sulfide) groups is 1. The Morgan fingerprint density at radius 3 is 2.89 bits per heavy atom. The lowest BCUT2D eigenvalue weighted by molar-refractivity contribution is 0.252. The molecule has 0 saturated heterocycles. The molecule has 0 spiro atoms. The molecule has 0 bridgehead atoms. The van der Waals surface area contributed by atoms with Crippen LogP contribution in [0.25, 0.3) is 0 Å². The largest absolute Gasteiger partial charge is 0.377 e. The second-order valence-electron chi connectivity index (χ2n) is 3.72. The lowest BCUT2D eigenvalue weighted by atomic mass is 10.3. The van der Waals surface area contributed by atoms with Crippen LogP contribution >= 0.6 is 11.8 Å². The highest BCUT2D eigenvalue weighted by Gasteiger charge is 2.10. The van der Waals surface area contributed by atoms with Gasteiger partial charge in [0.25, 0.3) is 5.76 Å². The summed E-state index contributed by atoms with van der Waals surface area (Å²) in [6, 6.07) is 6.99. The first kappa shape index (κ1) is 13.8. The second kappa shape index (κ2) is 6.51. The van der Waals surface area contributed by atoms with E-state index in [4.69, 9.17) is 0 Å². The van der Waals surface area contributed by atoms with E-state index in [1.54, 1.807) is 22.9 Å². The first-order chi connectivity index (χ1) is 9.20. The molecule has 0 atom stereocenters. The van der Waals surface area contributed by atoms with Crippen molar-refractivity contribution in [3.8, 4) is 0 Å². The molecule has 1 heterocycles. The first-order valence-corrected chi connectivity index (χ1v) is 6.73. The van der Waals surface area contributed by atoms with Crippen molar-refractivity contribution in [3.05, 3.63) is 36.4 Å². The van der Waals surface area contributed by atoms with Gasteiger partial charge in [-0.05, 0) is 19.1 Å². The maximum Gasteiger partial charge on any atom is 0.288 e. The zero-order chi connectivity index (χ0) is 13.7. The van der Waals surface area contributed by atoms with Gasteiger partial charge in [-0.2, -0.15) is 13.9 Å². The zero-order valence-electron chi connectivity index (χ0n) is 10.4. The van der Waals surface area contributed by atoms with Crippen LogP contribution in [0.15, 0.2) is 35.5 Å². The van der Waals surface area contributed by atoms with E-state index in [9.17, 15) is 8.78 Å².